The maximum absolute atomic E-state index is 12.3. The van der Waals surface area contributed by atoms with Crippen molar-refractivity contribution in [2.45, 2.75) is 6.92 Å². The predicted octanol–water partition coefficient (Wildman–Crippen LogP) is 2.97. The summed E-state index contributed by atoms with van der Waals surface area (Å²) >= 11 is 3.35. The molecular formula is C19H15BrN4O6. The first-order chi connectivity index (χ1) is 14.2. The highest BCUT2D eigenvalue weighted by molar-refractivity contribution is 9.10. The molecule has 30 heavy (non-hydrogen) atoms. The molecule has 0 saturated heterocycles. The summed E-state index contributed by atoms with van der Waals surface area (Å²) in [4.78, 5) is 41.2. The highest BCUT2D eigenvalue weighted by atomic mass is 79.9. The van der Waals surface area contributed by atoms with Crippen molar-refractivity contribution < 1.29 is 14.8 Å². The van der Waals surface area contributed by atoms with Crippen LogP contribution in [0.25, 0.3) is 5.69 Å². The van der Waals surface area contributed by atoms with Gasteiger partial charge in [0, 0.05) is 10.7 Å². The van der Waals surface area contributed by atoms with E-state index in [0.717, 1.165) is 20.8 Å². The summed E-state index contributed by atoms with van der Waals surface area (Å²) in [6.07, 6.45) is 0.963. The largest absolute Gasteiger partial charge is 0.496 e. The van der Waals surface area contributed by atoms with Gasteiger partial charge in [-0.3, -0.25) is 19.9 Å². The summed E-state index contributed by atoms with van der Waals surface area (Å²) in [6, 6.07) is 8.89. The van der Waals surface area contributed by atoms with Crippen molar-refractivity contribution in [3.63, 3.8) is 0 Å². The molecule has 2 aromatic carbocycles. The molecule has 1 aromatic heterocycles. The highest BCUT2D eigenvalue weighted by Crippen LogP contribution is 2.31. The van der Waals surface area contributed by atoms with Crippen LogP contribution in [0, 0.1) is 17.0 Å². The molecule has 0 fully saturated rings. The summed E-state index contributed by atoms with van der Waals surface area (Å²) < 4.78 is 6.67. The minimum atomic E-state index is -0.887. The molecule has 0 atom stereocenters. The van der Waals surface area contributed by atoms with Crippen molar-refractivity contribution in [1.82, 2.24) is 9.55 Å². The fraction of sp³-hybridized carbons (Fsp3) is 0.105. The third kappa shape index (κ3) is 4.01. The van der Waals surface area contributed by atoms with E-state index in [1.54, 1.807) is 25.1 Å². The number of aromatic nitrogens is 2. The van der Waals surface area contributed by atoms with Gasteiger partial charge in [0.1, 0.15) is 17.0 Å². The minimum absolute atomic E-state index is 0.0585. The normalized spacial score (nSPS) is 11.0. The lowest BCUT2D eigenvalue weighted by Crippen LogP contribution is -2.31. The van der Waals surface area contributed by atoms with Crippen LogP contribution in [0.15, 0.2) is 55.5 Å². The number of halogens is 1. The standard InChI is InChI=1S/C19H15BrN4O6/c1-10-7-11(3-5-14(10)20)23-18(26)13(17(25)22-19(23)27)9-21-15-6-4-12(30-2)8-16(15)24(28)29/h3-9,26H,1-2H3,(H,22,25,27). The summed E-state index contributed by atoms with van der Waals surface area (Å²) in [5.41, 5.74) is -1.35. The van der Waals surface area contributed by atoms with Gasteiger partial charge >= 0.3 is 5.69 Å². The molecular weight excluding hydrogens is 460 g/mol. The monoisotopic (exact) mass is 474 g/mol. The van der Waals surface area contributed by atoms with Crippen LogP contribution in [0.4, 0.5) is 11.4 Å². The molecule has 0 aliphatic rings. The molecule has 0 aliphatic heterocycles. The van der Waals surface area contributed by atoms with Crippen LogP contribution in [0.1, 0.15) is 11.1 Å². The zero-order chi connectivity index (χ0) is 22.0. The molecule has 3 aromatic rings. The summed E-state index contributed by atoms with van der Waals surface area (Å²) in [7, 11) is 1.37. The number of nitro groups is 1. The predicted molar refractivity (Wildman–Crippen MR) is 114 cm³/mol. The molecule has 1 heterocycles. The average molecular weight is 475 g/mol. The van der Waals surface area contributed by atoms with Crippen LogP contribution in [0.3, 0.4) is 0 Å². The summed E-state index contributed by atoms with van der Waals surface area (Å²) in [6.45, 7) is 1.80. The molecule has 0 spiro atoms. The van der Waals surface area contributed by atoms with Crippen LogP contribution in [0.2, 0.25) is 0 Å². The maximum atomic E-state index is 12.3. The van der Waals surface area contributed by atoms with Gasteiger partial charge in [0.05, 0.1) is 23.8 Å². The van der Waals surface area contributed by atoms with Crippen LogP contribution >= 0.6 is 15.9 Å². The zero-order valence-electron chi connectivity index (χ0n) is 15.7. The average Bonchev–Trinajstić information content (AvgIpc) is 2.70. The first-order valence-electron chi connectivity index (χ1n) is 8.44. The number of ether oxygens (including phenoxy) is 1. The van der Waals surface area contributed by atoms with E-state index in [0.29, 0.717) is 5.69 Å². The second-order valence-corrected chi connectivity index (χ2v) is 6.99. The Morgan fingerprint density at radius 3 is 2.63 bits per heavy atom. The second-order valence-electron chi connectivity index (χ2n) is 6.14. The number of aromatic hydroxyl groups is 1. The lowest BCUT2D eigenvalue weighted by molar-refractivity contribution is -0.384. The number of nitro benzene ring substituents is 1. The second kappa shape index (κ2) is 8.33. The number of nitrogens with one attached hydrogen (secondary N) is 1. The molecule has 0 saturated carbocycles. The number of rotatable bonds is 5. The summed E-state index contributed by atoms with van der Waals surface area (Å²) in [5.74, 6) is -0.383. The molecule has 10 nitrogen and oxygen atoms in total. The van der Waals surface area contributed by atoms with Crippen molar-refractivity contribution in [2.24, 2.45) is 4.99 Å². The third-order valence-corrected chi connectivity index (χ3v) is 5.12. The van der Waals surface area contributed by atoms with Crippen molar-refractivity contribution in [3.05, 3.63) is 83.0 Å². The molecule has 154 valence electrons. The molecule has 11 heteroatoms. The Morgan fingerprint density at radius 1 is 1.27 bits per heavy atom. The van der Waals surface area contributed by atoms with Crippen LogP contribution < -0.4 is 16.0 Å². The number of methoxy groups -OCH3 is 1. The first kappa shape index (κ1) is 21.0. The SMILES string of the molecule is COc1ccc(N=Cc2c(O)n(-c3ccc(Br)c(C)c3)c(=O)[nH]c2=O)c([N+](=O)[O-])c1. The van der Waals surface area contributed by atoms with Crippen molar-refractivity contribution in [1.29, 1.82) is 0 Å². The van der Waals surface area contributed by atoms with Gasteiger partial charge < -0.3 is 9.84 Å². The lowest BCUT2D eigenvalue weighted by atomic mass is 10.2. The number of aryl methyl sites for hydroxylation is 1. The van der Waals surface area contributed by atoms with E-state index in [4.69, 9.17) is 4.74 Å². The molecule has 0 unspecified atom stereocenters. The van der Waals surface area contributed by atoms with Crippen LogP contribution in [0.5, 0.6) is 11.6 Å². The van der Waals surface area contributed by atoms with Gasteiger partial charge in [-0.1, -0.05) is 15.9 Å². The minimum Gasteiger partial charge on any atom is -0.496 e. The van der Waals surface area contributed by atoms with Gasteiger partial charge in [-0.2, -0.15) is 0 Å². The number of aliphatic imine (C=N–C) groups is 1. The van der Waals surface area contributed by atoms with Crippen molar-refractivity contribution in [2.75, 3.05) is 7.11 Å². The lowest BCUT2D eigenvalue weighted by Gasteiger charge is -2.11. The molecule has 2 N–H and O–H groups in total. The Balaban J connectivity index is 2.14. The Kier molecular flexibility index (Phi) is 5.83. The third-order valence-electron chi connectivity index (χ3n) is 4.23. The van der Waals surface area contributed by atoms with E-state index in [-0.39, 0.29) is 22.7 Å². The quantitative estimate of drug-likeness (QED) is 0.330. The number of hydrogen-bond donors (Lipinski definition) is 2. The smallest absolute Gasteiger partial charge is 0.335 e. The number of aromatic amines is 1. The van der Waals surface area contributed by atoms with E-state index in [2.05, 4.69) is 25.9 Å². The van der Waals surface area contributed by atoms with Gasteiger partial charge in [0.15, 0.2) is 0 Å². The number of hydrogen-bond acceptors (Lipinski definition) is 7. The Hall–Kier alpha value is -3.73. The highest BCUT2D eigenvalue weighted by Gasteiger charge is 2.17. The number of H-pyrrole nitrogens is 1. The Bertz CT molecular complexity index is 1300. The summed E-state index contributed by atoms with van der Waals surface area (Å²) in [5, 5.41) is 21.9. The molecule has 0 bridgehead atoms. The molecule has 0 aliphatic carbocycles. The van der Waals surface area contributed by atoms with Gasteiger partial charge in [0.2, 0.25) is 5.88 Å². The van der Waals surface area contributed by atoms with E-state index in [1.165, 1.54) is 25.3 Å². The van der Waals surface area contributed by atoms with Crippen LogP contribution in [-0.2, 0) is 0 Å². The van der Waals surface area contributed by atoms with E-state index in [9.17, 15) is 24.8 Å². The fourth-order valence-electron chi connectivity index (χ4n) is 2.68. The number of benzene rings is 2. The topological polar surface area (TPSA) is 140 Å². The maximum Gasteiger partial charge on any atom is 0.335 e. The first-order valence-corrected chi connectivity index (χ1v) is 9.23. The van der Waals surface area contributed by atoms with E-state index in [1.807, 2.05) is 0 Å². The van der Waals surface area contributed by atoms with Crippen molar-refractivity contribution in [3.8, 4) is 17.3 Å². The fourth-order valence-corrected chi connectivity index (χ4v) is 2.93. The Morgan fingerprint density at radius 2 is 2.00 bits per heavy atom. The van der Waals surface area contributed by atoms with E-state index < -0.39 is 22.1 Å². The van der Waals surface area contributed by atoms with Gasteiger partial charge in [-0.05, 0) is 42.8 Å². The van der Waals surface area contributed by atoms with Crippen LogP contribution in [-0.4, -0.2) is 32.9 Å². The number of nitrogens with zero attached hydrogens (tertiary/aromatic N) is 3. The molecule has 0 amide bonds. The Labute approximate surface area is 177 Å². The molecule has 3 rings (SSSR count). The van der Waals surface area contributed by atoms with Crippen molar-refractivity contribution >= 4 is 33.5 Å². The van der Waals surface area contributed by atoms with Gasteiger partial charge in [-0.15, -0.1) is 0 Å². The molecule has 0 radical (unpaired) electrons. The zero-order valence-corrected chi connectivity index (χ0v) is 17.3. The van der Waals surface area contributed by atoms with E-state index >= 15 is 0 Å². The van der Waals surface area contributed by atoms with Gasteiger partial charge in [-0.25, -0.2) is 14.4 Å². The van der Waals surface area contributed by atoms with Gasteiger partial charge in [0.25, 0.3) is 11.2 Å².